The summed E-state index contributed by atoms with van der Waals surface area (Å²) in [6.45, 7) is 9.17. The SMILES string of the molecule is Cn1nc(C2CCC(=O)NC2=O)c2cccc(N3CC(C4CCN(C(=O)OC(C)(C)C)CC4)C3)c21. The fourth-order valence-electron chi connectivity index (χ4n) is 5.70. The first-order valence-corrected chi connectivity index (χ1v) is 12.6. The van der Waals surface area contributed by atoms with Crippen LogP contribution in [0.3, 0.4) is 0 Å². The predicted octanol–water partition coefficient (Wildman–Crippen LogP) is 3.18. The number of likely N-dealkylation sites (tertiary alicyclic amines) is 1. The third kappa shape index (κ3) is 4.60. The Kier molecular flexibility index (Phi) is 5.97. The van der Waals surface area contributed by atoms with Crippen molar-refractivity contribution in [2.24, 2.45) is 18.9 Å². The molecule has 3 fully saturated rings. The minimum atomic E-state index is -0.465. The van der Waals surface area contributed by atoms with Gasteiger partial charge in [0.05, 0.1) is 22.8 Å². The molecule has 188 valence electrons. The molecule has 1 aromatic carbocycles. The number of hydrogen-bond donors (Lipinski definition) is 1. The molecule has 3 amide bonds. The van der Waals surface area contributed by atoms with Crippen molar-refractivity contribution in [3.63, 3.8) is 0 Å². The molecular weight excluding hydrogens is 446 g/mol. The van der Waals surface area contributed by atoms with Gasteiger partial charge in [0.2, 0.25) is 11.8 Å². The molecule has 1 unspecified atom stereocenters. The minimum absolute atomic E-state index is 0.208. The van der Waals surface area contributed by atoms with Crippen molar-refractivity contribution >= 4 is 34.5 Å². The quantitative estimate of drug-likeness (QED) is 0.677. The topological polar surface area (TPSA) is 96.8 Å². The van der Waals surface area contributed by atoms with E-state index in [0.717, 1.165) is 61.3 Å². The normalized spacial score (nSPS) is 22.3. The highest BCUT2D eigenvalue weighted by molar-refractivity contribution is 6.03. The number of carbonyl (C=O) groups excluding carboxylic acids is 3. The Morgan fingerprint density at radius 1 is 1.09 bits per heavy atom. The van der Waals surface area contributed by atoms with Crippen LogP contribution in [0.1, 0.15) is 58.1 Å². The summed E-state index contributed by atoms with van der Waals surface area (Å²) in [6, 6.07) is 6.18. The summed E-state index contributed by atoms with van der Waals surface area (Å²) in [5.41, 5.74) is 2.46. The largest absolute Gasteiger partial charge is 0.444 e. The lowest BCUT2D eigenvalue weighted by Crippen LogP contribution is -2.53. The second-order valence-electron chi connectivity index (χ2n) is 11.2. The van der Waals surface area contributed by atoms with E-state index in [-0.39, 0.29) is 17.9 Å². The molecule has 3 saturated heterocycles. The van der Waals surface area contributed by atoms with Gasteiger partial charge in [-0.05, 0) is 57.9 Å². The van der Waals surface area contributed by atoms with Crippen molar-refractivity contribution in [1.29, 1.82) is 0 Å². The van der Waals surface area contributed by atoms with Crippen molar-refractivity contribution < 1.29 is 19.1 Å². The van der Waals surface area contributed by atoms with Crippen LogP contribution in [0.25, 0.3) is 10.9 Å². The fourth-order valence-corrected chi connectivity index (χ4v) is 5.70. The summed E-state index contributed by atoms with van der Waals surface area (Å²) in [5.74, 6) is 0.346. The number of carbonyl (C=O) groups is 3. The number of ether oxygens (including phenoxy) is 1. The molecule has 1 aromatic heterocycles. The number of para-hydroxylation sites is 1. The number of nitrogens with zero attached hydrogens (tertiary/aromatic N) is 4. The first kappa shape index (κ1) is 23.6. The molecule has 1 atom stereocenters. The summed E-state index contributed by atoms with van der Waals surface area (Å²) < 4.78 is 7.40. The van der Waals surface area contributed by atoms with Crippen molar-refractivity contribution in [3.05, 3.63) is 23.9 Å². The molecule has 1 N–H and O–H groups in total. The van der Waals surface area contributed by atoms with Gasteiger partial charge >= 0.3 is 6.09 Å². The van der Waals surface area contributed by atoms with Gasteiger partial charge in [-0.15, -0.1) is 0 Å². The van der Waals surface area contributed by atoms with Crippen LogP contribution >= 0.6 is 0 Å². The number of rotatable bonds is 3. The zero-order valence-corrected chi connectivity index (χ0v) is 21.0. The Morgan fingerprint density at radius 2 is 1.80 bits per heavy atom. The van der Waals surface area contributed by atoms with E-state index in [9.17, 15) is 14.4 Å². The van der Waals surface area contributed by atoms with Crippen molar-refractivity contribution in [2.45, 2.75) is 58.0 Å². The lowest BCUT2D eigenvalue weighted by molar-refractivity contribution is -0.134. The van der Waals surface area contributed by atoms with Crippen LogP contribution in [0.2, 0.25) is 0 Å². The number of anilines is 1. The maximum Gasteiger partial charge on any atom is 0.410 e. The molecular formula is C26H35N5O4. The molecule has 9 heteroatoms. The van der Waals surface area contributed by atoms with E-state index in [4.69, 9.17) is 9.84 Å². The summed E-state index contributed by atoms with van der Waals surface area (Å²) in [6.07, 6.45) is 2.64. The number of hydrogen-bond acceptors (Lipinski definition) is 6. The van der Waals surface area contributed by atoms with Gasteiger partial charge in [0.1, 0.15) is 5.60 Å². The van der Waals surface area contributed by atoms with Crippen molar-refractivity contribution in [2.75, 3.05) is 31.1 Å². The second kappa shape index (κ2) is 8.84. The van der Waals surface area contributed by atoms with Crippen LogP contribution in [0.5, 0.6) is 0 Å². The van der Waals surface area contributed by atoms with E-state index in [2.05, 4.69) is 16.3 Å². The number of piperidine rings is 2. The van der Waals surface area contributed by atoms with Gasteiger partial charge in [0, 0.05) is 45.0 Å². The molecule has 0 spiro atoms. The first-order valence-electron chi connectivity index (χ1n) is 12.6. The number of nitrogens with one attached hydrogen (secondary N) is 1. The molecule has 0 aliphatic carbocycles. The molecule has 2 aromatic rings. The Bertz CT molecular complexity index is 1150. The number of imide groups is 1. The van der Waals surface area contributed by atoms with Gasteiger partial charge < -0.3 is 14.5 Å². The molecule has 9 nitrogen and oxygen atoms in total. The summed E-state index contributed by atoms with van der Waals surface area (Å²) in [7, 11) is 1.92. The Hall–Kier alpha value is -3.10. The smallest absolute Gasteiger partial charge is 0.410 e. The Labute approximate surface area is 205 Å². The predicted molar refractivity (Wildman–Crippen MR) is 132 cm³/mol. The monoisotopic (exact) mass is 481 g/mol. The standard InChI is InChI=1S/C26H35N5O4/c1-26(2,3)35-25(34)30-12-10-16(11-13-30)17-14-31(15-17)20-7-5-6-18-22(28-29(4)23(18)20)19-8-9-21(32)27-24(19)33/h5-7,16-17,19H,8-15H2,1-4H3,(H,27,32,33). The third-order valence-corrected chi connectivity index (χ3v) is 7.55. The second-order valence-corrected chi connectivity index (χ2v) is 11.2. The van der Waals surface area contributed by atoms with Gasteiger partial charge in [-0.1, -0.05) is 12.1 Å². The van der Waals surface area contributed by atoms with Gasteiger partial charge in [0.25, 0.3) is 0 Å². The van der Waals surface area contributed by atoms with E-state index in [1.165, 1.54) is 0 Å². The molecule has 5 rings (SSSR count). The van der Waals surface area contributed by atoms with Crippen LogP contribution in [-0.4, -0.2) is 64.4 Å². The van der Waals surface area contributed by atoms with Crippen LogP contribution in [-0.2, 0) is 21.4 Å². The summed E-state index contributed by atoms with van der Waals surface area (Å²) in [5, 5.41) is 8.15. The average Bonchev–Trinajstić information content (AvgIpc) is 3.09. The average molecular weight is 482 g/mol. The minimum Gasteiger partial charge on any atom is -0.444 e. The zero-order valence-electron chi connectivity index (χ0n) is 21.0. The maximum absolute atomic E-state index is 12.5. The van der Waals surface area contributed by atoms with Gasteiger partial charge in [-0.3, -0.25) is 19.6 Å². The maximum atomic E-state index is 12.5. The summed E-state index contributed by atoms with van der Waals surface area (Å²) in [4.78, 5) is 40.7. The third-order valence-electron chi connectivity index (χ3n) is 7.55. The molecule has 35 heavy (non-hydrogen) atoms. The van der Waals surface area contributed by atoms with Gasteiger partial charge in [-0.25, -0.2) is 4.79 Å². The number of aromatic nitrogens is 2. The number of aryl methyl sites for hydroxylation is 1. The highest BCUT2D eigenvalue weighted by atomic mass is 16.6. The molecule has 0 radical (unpaired) electrons. The Morgan fingerprint density at radius 3 is 2.46 bits per heavy atom. The highest BCUT2D eigenvalue weighted by Gasteiger charge is 2.38. The summed E-state index contributed by atoms with van der Waals surface area (Å²) >= 11 is 0. The van der Waals surface area contributed by atoms with E-state index in [1.54, 1.807) is 0 Å². The number of fused-ring (bicyclic) bond motifs is 1. The van der Waals surface area contributed by atoms with E-state index in [1.807, 2.05) is 49.5 Å². The lowest BCUT2D eigenvalue weighted by Gasteiger charge is -2.47. The molecule has 0 bridgehead atoms. The van der Waals surface area contributed by atoms with Crippen LogP contribution < -0.4 is 10.2 Å². The molecule has 3 aliphatic rings. The first-order chi connectivity index (χ1) is 16.6. The molecule has 4 heterocycles. The van der Waals surface area contributed by atoms with Crippen LogP contribution in [0.4, 0.5) is 10.5 Å². The van der Waals surface area contributed by atoms with Crippen molar-refractivity contribution in [3.8, 4) is 0 Å². The Balaban J connectivity index is 1.24. The lowest BCUT2D eigenvalue weighted by atomic mass is 9.79. The highest BCUT2D eigenvalue weighted by Crippen LogP contribution is 2.39. The molecule has 3 aliphatic heterocycles. The zero-order chi connectivity index (χ0) is 24.9. The van der Waals surface area contributed by atoms with E-state index in [0.29, 0.717) is 24.7 Å². The van der Waals surface area contributed by atoms with Crippen molar-refractivity contribution in [1.82, 2.24) is 20.0 Å². The van der Waals surface area contributed by atoms with Gasteiger partial charge in [0.15, 0.2) is 0 Å². The number of amides is 3. The van der Waals surface area contributed by atoms with Gasteiger partial charge in [-0.2, -0.15) is 5.10 Å². The van der Waals surface area contributed by atoms with E-state index >= 15 is 0 Å². The van der Waals surface area contributed by atoms with Crippen LogP contribution in [0.15, 0.2) is 18.2 Å². The van der Waals surface area contributed by atoms with E-state index < -0.39 is 11.5 Å². The van der Waals surface area contributed by atoms with Crippen LogP contribution in [0, 0.1) is 11.8 Å². The number of benzene rings is 1. The molecule has 0 saturated carbocycles. The fraction of sp³-hybridized carbons (Fsp3) is 0.615.